The summed E-state index contributed by atoms with van der Waals surface area (Å²) in [7, 11) is 0. The molecule has 4 heterocycles. The van der Waals surface area contributed by atoms with Crippen molar-refractivity contribution in [3.8, 4) is 11.6 Å². The minimum Gasteiger partial charge on any atom is -0.377 e. The number of benzene rings is 1. The molecule has 5 rings (SSSR count). The minimum atomic E-state index is -4.91. The van der Waals surface area contributed by atoms with Gasteiger partial charge in [0.15, 0.2) is 11.6 Å². The molecule has 0 unspecified atom stereocenters. The third kappa shape index (κ3) is 3.14. The first-order chi connectivity index (χ1) is 14.9. The summed E-state index contributed by atoms with van der Waals surface area (Å²) in [6, 6.07) is 3.04. The normalized spacial score (nSPS) is 20.5. The molecule has 160 valence electrons. The number of rotatable bonds is 2. The highest BCUT2D eigenvalue weighted by atomic mass is 19.4. The molecule has 2 aromatic heterocycles. The van der Waals surface area contributed by atoms with E-state index < -0.39 is 41.1 Å². The van der Waals surface area contributed by atoms with Crippen LogP contribution in [0.4, 0.5) is 17.6 Å². The van der Waals surface area contributed by atoms with Crippen LogP contribution in [0.2, 0.25) is 0 Å². The summed E-state index contributed by atoms with van der Waals surface area (Å²) in [6.45, 7) is 0.394. The molecule has 1 aromatic carbocycles. The van der Waals surface area contributed by atoms with Gasteiger partial charge >= 0.3 is 6.18 Å². The van der Waals surface area contributed by atoms with Crippen molar-refractivity contribution in [1.82, 2.24) is 29.6 Å². The Morgan fingerprint density at radius 2 is 1.87 bits per heavy atom. The Morgan fingerprint density at radius 1 is 1.10 bits per heavy atom. The number of aromatic nitrogens is 5. The number of amides is 1. The Hall–Kier alpha value is -3.41. The van der Waals surface area contributed by atoms with Crippen LogP contribution in [0.25, 0.3) is 11.6 Å². The van der Waals surface area contributed by atoms with Gasteiger partial charge < -0.3 is 14.2 Å². The number of morpholine rings is 1. The van der Waals surface area contributed by atoms with Gasteiger partial charge in [-0.15, -0.1) is 10.2 Å². The maximum atomic E-state index is 14.6. The van der Waals surface area contributed by atoms with Crippen LogP contribution in [-0.2, 0) is 17.5 Å². The fourth-order valence-corrected chi connectivity index (χ4v) is 3.97. The van der Waals surface area contributed by atoms with Crippen LogP contribution in [-0.4, -0.2) is 54.8 Å². The van der Waals surface area contributed by atoms with Crippen molar-refractivity contribution in [3.63, 3.8) is 0 Å². The maximum Gasteiger partial charge on any atom is 0.419 e. The van der Waals surface area contributed by atoms with E-state index in [9.17, 15) is 22.4 Å². The maximum absolute atomic E-state index is 14.6. The van der Waals surface area contributed by atoms with Crippen molar-refractivity contribution < 1.29 is 27.1 Å². The molecule has 1 fully saturated rings. The standard InChI is InChI=1S/C19H14F4N6O2/c20-14-11(3-1-4-12(14)19(21,22)23)18(30)29-10-7-28-16(13(29)9-31-8-10)26-27-17(28)15-24-5-2-6-25-15/h1-6,10,13H,7-9H2/t10-,13+/m0/s1. The van der Waals surface area contributed by atoms with E-state index in [1.54, 1.807) is 23.0 Å². The number of hydrogen-bond donors (Lipinski definition) is 0. The molecule has 0 spiro atoms. The molecule has 12 heteroatoms. The third-order valence-electron chi connectivity index (χ3n) is 5.32. The summed E-state index contributed by atoms with van der Waals surface area (Å²) in [5.74, 6) is -1.31. The van der Waals surface area contributed by atoms with Gasteiger partial charge in [-0.05, 0) is 18.2 Å². The van der Waals surface area contributed by atoms with E-state index in [1.807, 2.05) is 0 Å². The average Bonchev–Trinajstić information content (AvgIpc) is 3.16. The number of nitrogens with zero attached hydrogens (tertiary/aromatic N) is 6. The molecule has 2 aliphatic rings. The van der Waals surface area contributed by atoms with Gasteiger partial charge in [0.1, 0.15) is 11.9 Å². The van der Waals surface area contributed by atoms with Gasteiger partial charge in [-0.3, -0.25) is 4.79 Å². The van der Waals surface area contributed by atoms with Crippen LogP contribution in [0.3, 0.4) is 0 Å². The molecule has 1 amide bonds. The molecule has 2 bridgehead atoms. The van der Waals surface area contributed by atoms with E-state index in [4.69, 9.17) is 4.74 Å². The quantitative estimate of drug-likeness (QED) is 0.576. The highest BCUT2D eigenvalue weighted by Crippen LogP contribution is 2.37. The Bertz CT molecular complexity index is 1150. The number of hydrogen-bond acceptors (Lipinski definition) is 6. The van der Waals surface area contributed by atoms with Crippen LogP contribution in [0.5, 0.6) is 0 Å². The molecule has 2 aliphatic heterocycles. The molecule has 0 saturated carbocycles. The third-order valence-corrected chi connectivity index (χ3v) is 5.32. The topological polar surface area (TPSA) is 86.0 Å². The van der Waals surface area contributed by atoms with Crippen molar-refractivity contribution in [2.45, 2.75) is 24.8 Å². The fourth-order valence-electron chi connectivity index (χ4n) is 3.97. The number of carbonyl (C=O) groups excluding carboxylic acids is 1. The van der Waals surface area contributed by atoms with Gasteiger partial charge in [-0.1, -0.05) is 6.07 Å². The Kier molecular flexibility index (Phi) is 4.46. The fraction of sp³-hybridized carbons (Fsp3) is 0.316. The van der Waals surface area contributed by atoms with Crippen molar-refractivity contribution in [2.75, 3.05) is 13.2 Å². The predicted octanol–water partition coefficient (Wildman–Crippen LogP) is 2.49. The first kappa shape index (κ1) is 19.5. The Balaban J connectivity index is 1.55. The summed E-state index contributed by atoms with van der Waals surface area (Å²) in [4.78, 5) is 22.8. The summed E-state index contributed by atoms with van der Waals surface area (Å²) in [5, 5.41) is 8.28. The van der Waals surface area contributed by atoms with Crippen molar-refractivity contribution in [3.05, 3.63) is 59.4 Å². The molecule has 3 aromatic rings. The molecule has 2 atom stereocenters. The van der Waals surface area contributed by atoms with Crippen LogP contribution in [0, 0.1) is 5.82 Å². The van der Waals surface area contributed by atoms with Gasteiger partial charge in [0, 0.05) is 18.9 Å². The van der Waals surface area contributed by atoms with Gasteiger partial charge in [-0.25, -0.2) is 14.4 Å². The van der Waals surface area contributed by atoms with Gasteiger partial charge in [0.05, 0.1) is 30.4 Å². The van der Waals surface area contributed by atoms with E-state index >= 15 is 0 Å². The highest BCUT2D eigenvalue weighted by Gasteiger charge is 2.45. The van der Waals surface area contributed by atoms with Gasteiger partial charge in [0.25, 0.3) is 5.91 Å². The summed E-state index contributed by atoms with van der Waals surface area (Å²) in [5.41, 5.74) is -2.13. The van der Waals surface area contributed by atoms with Crippen LogP contribution >= 0.6 is 0 Å². The lowest BCUT2D eigenvalue weighted by Gasteiger charge is -2.45. The summed E-state index contributed by atoms with van der Waals surface area (Å²) in [6.07, 6.45) is -1.79. The lowest BCUT2D eigenvalue weighted by Crippen LogP contribution is -2.56. The van der Waals surface area contributed by atoms with E-state index in [1.165, 1.54) is 4.90 Å². The van der Waals surface area contributed by atoms with E-state index in [-0.39, 0.29) is 19.8 Å². The zero-order chi connectivity index (χ0) is 21.8. The van der Waals surface area contributed by atoms with Crippen LogP contribution < -0.4 is 0 Å². The summed E-state index contributed by atoms with van der Waals surface area (Å²) < 4.78 is 61.3. The smallest absolute Gasteiger partial charge is 0.377 e. The number of alkyl halides is 3. The monoisotopic (exact) mass is 434 g/mol. The second kappa shape index (κ2) is 7.08. The zero-order valence-electron chi connectivity index (χ0n) is 15.8. The lowest BCUT2D eigenvalue weighted by molar-refractivity contribution is -0.140. The molecule has 8 nitrogen and oxygen atoms in total. The zero-order valence-corrected chi connectivity index (χ0v) is 15.8. The number of ether oxygens (including phenoxy) is 1. The Morgan fingerprint density at radius 3 is 2.61 bits per heavy atom. The Labute approximate surface area is 172 Å². The molecule has 0 radical (unpaired) electrons. The second-order valence-electron chi connectivity index (χ2n) is 7.15. The van der Waals surface area contributed by atoms with Crippen LogP contribution in [0.15, 0.2) is 36.7 Å². The minimum absolute atomic E-state index is 0.0522. The molecule has 0 N–H and O–H groups in total. The molecule has 0 aliphatic carbocycles. The second-order valence-corrected chi connectivity index (χ2v) is 7.15. The van der Waals surface area contributed by atoms with Gasteiger partial charge in [-0.2, -0.15) is 13.2 Å². The molecular formula is C19H14F4N6O2. The first-order valence-corrected chi connectivity index (χ1v) is 9.33. The largest absolute Gasteiger partial charge is 0.419 e. The van der Waals surface area contributed by atoms with E-state index in [0.717, 1.165) is 12.1 Å². The van der Waals surface area contributed by atoms with Crippen molar-refractivity contribution >= 4 is 5.91 Å². The van der Waals surface area contributed by atoms with E-state index in [2.05, 4.69) is 20.2 Å². The number of carbonyl (C=O) groups is 1. The number of fused-ring (bicyclic) bond motifs is 4. The lowest BCUT2D eigenvalue weighted by atomic mass is 10.0. The molecule has 1 saturated heterocycles. The van der Waals surface area contributed by atoms with Crippen LogP contribution in [0.1, 0.15) is 27.8 Å². The molecular weight excluding hydrogens is 420 g/mol. The first-order valence-electron chi connectivity index (χ1n) is 9.33. The average molecular weight is 434 g/mol. The van der Waals surface area contributed by atoms with Crippen molar-refractivity contribution in [2.24, 2.45) is 0 Å². The van der Waals surface area contributed by atoms with Crippen molar-refractivity contribution in [1.29, 1.82) is 0 Å². The van der Waals surface area contributed by atoms with E-state index in [0.29, 0.717) is 23.5 Å². The number of halogens is 4. The predicted molar refractivity (Wildman–Crippen MR) is 96.0 cm³/mol. The summed E-state index contributed by atoms with van der Waals surface area (Å²) >= 11 is 0. The SMILES string of the molecule is O=C(c1cccc(C(F)(F)F)c1F)N1[C@@H]2COC[C@@H]1c1nnc(-c3ncccn3)n1C2. The van der Waals surface area contributed by atoms with Gasteiger partial charge in [0.2, 0.25) is 5.82 Å². The molecule has 31 heavy (non-hydrogen) atoms. The highest BCUT2D eigenvalue weighted by molar-refractivity contribution is 5.95.